The van der Waals surface area contributed by atoms with Crippen molar-refractivity contribution in [1.82, 2.24) is 0 Å². The summed E-state index contributed by atoms with van der Waals surface area (Å²) in [4.78, 5) is 20.6. The molecule has 2 atom stereocenters. The second-order valence-corrected chi connectivity index (χ2v) is 3.73. The average Bonchev–Trinajstić information content (AvgIpc) is 2.36. The Morgan fingerprint density at radius 1 is 1.47 bits per heavy atom. The molecule has 1 rings (SSSR count). The molecule has 100 valence electrons. The molecule has 8 heteroatoms. The van der Waals surface area contributed by atoms with Crippen LogP contribution in [-0.2, 0) is 11.2 Å². The van der Waals surface area contributed by atoms with Crippen LogP contribution in [0, 0.1) is 21.4 Å². The fraction of sp³-hybridized carbons (Fsp3) is 0.273. The lowest BCUT2D eigenvalue weighted by Crippen LogP contribution is -2.16. The molecule has 0 saturated carbocycles. The zero-order valence-corrected chi connectivity index (χ0v) is 9.55. The largest absolute Gasteiger partial charge is 0.481 e. The van der Waals surface area contributed by atoms with Crippen LogP contribution in [0.2, 0.25) is 0 Å². The molecule has 0 aromatic heterocycles. The number of hydrogen-bond acceptors (Lipinski definition) is 6. The third kappa shape index (κ3) is 3.48. The fourth-order valence-electron chi connectivity index (χ4n) is 1.50. The van der Waals surface area contributed by atoms with Gasteiger partial charge in [0, 0.05) is 11.6 Å². The Balaban J connectivity index is 3.20. The first-order chi connectivity index (χ1) is 8.86. The molecule has 1 aromatic rings. The van der Waals surface area contributed by atoms with Gasteiger partial charge in [-0.25, -0.2) is 0 Å². The number of nitro groups is 1. The molecule has 2 unspecified atom stereocenters. The lowest BCUT2D eigenvalue weighted by Gasteiger charge is -2.12. The van der Waals surface area contributed by atoms with Crippen molar-refractivity contribution in [2.75, 3.05) is 0 Å². The highest BCUT2D eigenvalue weighted by Gasteiger charge is 2.23. The van der Waals surface area contributed by atoms with Gasteiger partial charge in [0.2, 0.25) is 0 Å². The van der Waals surface area contributed by atoms with E-state index in [1.807, 2.05) is 0 Å². The number of nitrogens with zero attached hydrogens (tertiary/aromatic N) is 2. The van der Waals surface area contributed by atoms with Crippen molar-refractivity contribution in [1.29, 1.82) is 5.26 Å². The Morgan fingerprint density at radius 2 is 2.11 bits per heavy atom. The zero-order chi connectivity index (χ0) is 14.6. The minimum Gasteiger partial charge on any atom is -0.481 e. The van der Waals surface area contributed by atoms with Crippen LogP contribution in [0.15, 0.2) is 18.2 Å². The monoisotopic (exact) mass is 266 g/mol. The minimum absolute atomic E-state index is 0.0279. The van der Waals surface area contributed by atoms with Crippen molar-refractivity contribution in [3.63, 3.8) is 0 Å². The van der Waals surface area contributed by atoms with Crippen LogP contribution in [-0.4, -0.2) is 32.3 Å². The number of nitriles is 1. The number of aliphatic hydroxyl groups excluding tert-OH is 2. The summed E-state index contributed by atoms with van der Waals surface area (Å²) < 4.78 is 0. The number of aliphatic hydroxyl groups is 2. The van der Waals surface area contributed by atoms with E-state index in [-0.39, 0.29) is 11.1 Å². The minimum atomic E-state index is -1.72. The molecule has 0 heterocycles. The number of rotatable bonds is 5. The molecule has 19 heavy (non-hydrogen) atoms. The van der Waals surface area contributed by atoms with Gasteiger partial charge in [0.25, 0.3) is 5.69 Å². The summed E-state index contributed by atoms with van der Waals surface area (Å²) in [6.07, 6.45) is -3.85. The fourth-order valence-corrected chi connectivity index (χ4v) is 1.50. The van der Waals surface area contributed by atoms with Gasteiger partial charge in [0.05, 0.1) is 17.4 Å². The molecule has 0 aliphatic carbocycles. The molecule has 0 aliphatic rings. The van der Waals surface area contributed by atoms with Crippen molar-refractivity contribution in [2.45, 2.75) is 18.6 Å². The second kappa shape index (κ2) is 5.90. The van der Waals surface area contributed by atoms with E-state index in [1.54, 1.807) is 0 Å². The number of carbonyl (C=O) groups is 1. The van der Waals surface area contributed by atoms with E-state index in [9.17, 15) is 20.0 Å². The van der Waals surface area contributed by atoms with Crippen LogP contribution in [0.25, 0.3) is 0 Å². The Kier molecular flexibility index (Phi) is 4.52. The highest BCUT2D eigenvalue weighted by molar-refractivity contribution is 5.72. The standard InChI is InChI=1S/C11H10N2O6/c12-5-9(14)11(17)7-2-1-6(4-10(15)16)8(3-7)13(18)19/h1-3,9,11,14,17H,4H2,(H,15,16). The number of hydrogen-bond donors (Lipinski definition) is 3. The van der Waals surface area contributed by atoms with Crippen molar-refractivity contribution >= 4 is 11.7 Å². The normalized spacial score (nSPS) is 13.3. The number of nitro benzene ring substituents is 1. The molecule has 0 aliphatic heterocycles. The lowest BCUT2D eigenvalue weighted by molar-refractivity contribution is -0.385. The maximum atomic E-state index is 10.8. The second-order valence-electron chi connectivity index (χ2n) is 3.73. The first kappa shape index (κ1) is 14.6. The molecule has 0 radical (unpaired) electrons. The first-order valence-corrected chi connectivity index (χ1v) is 5.11. The third-order valence-corrected chi connectivity index (χ3v) is 2.42. The van der Waals surface area contributed by atoms with Crippen LogP contribution in [0.4, 0.5) is 5.69 Å². The van der Waals surface area contributed by atoms with Gasteiger partial charge < -0.3 is 15.3 Å². The summed E-state index contributed by atoms with van der Waals surface area (Å²) in [5.74, 6) is -1.23. The van der Waals surface area contributed by atoms with Crippen molar-refractivity contribution in [2.24, 2.45) is 0 Å². The van der Waals surface area contributed by atoms with E-state index in [1.165, 1.54) is 18.2 Å². The smallest absolute Gasteiger partial charge is 0.308 e. The van der Waals surface area contributed by atoms with Gasteiger partial charge in [-0.1, -0.05) is 12.1 Å². The first-order valence-electron chi connectivity index (χ1n) is 5.11. The van der Waals surface area contributed by atoms with Gasteiger partial charge in [0.1, 0.15) is 6.10 Å². The molecule has 0 spiro atoms. The number of carboxylic acids is 1. The number of benzene rings is 1. The van der Waals surface area contributed by atoms with E-state index < -0.39 is 35.2 Å². The summed E-state index contributed by atoms with van der Waals surface area (Å²) in [6, 6.07) is 4.76. The average molecular weight is 266 g/mol. The van der Waals surface area contributed by atoms with Crippen LogP contribution in [0.3, 0.4) is 0 Å². The quantitative estimate of drug-likeness (QED) is 0.390. The van der Waals surface area contributed by atoms with Gasteiger partial charge in [-0.3, -0.25) is 14.9 Å². The van der Waals surface area contributed by atoms with Crippen LogP contribution in [0.1, 0.15) is 17.2 Å². The molecule has 0 saturated heterocycles. The summed E-state index contributed by atoms with van der Waals surface area (Å²) in [5, 5.41) is 46.6. The highest BCUT2D eigenvalue weighted by Crippen LogP contribution is 2.26. The third-order valence-electron chi connectivity index (χ3n) is 2.42. The number of carboxylic acid groups (broad SMARTS) is 1. The van der Waals surface area contributed by atoms with Crippen molar-refractivity contribution < 1.29 is 25.0 Å². The van der Waals surface area contributed by atoms with E-state index in [4.69, 9.17) is 15.5 Å². The Labute approximate surface area is 107 Å². The molecule has 0 bridgehead atoms. The van der Waals surface area contributed by atoms with Gasteiger partial charge >= 0.3 is 5.97 Å². The predicted molar refractivity (Wildman–Crippen MR) is 61.0 cm³/mol. The molecular weight excluding hydrogens is 256 g/mol. The molecule has 8 nitrogen and oxygen atoms in total. The van der Waals surface area contributed by atoms with E-state index >= 15 is 0 Å². The molecular formula is C11H10N2O6. The molecule has 0 amide bonds. The Morgan fingerprint density at radius 3 is 2.58 bits per heavy atom. The van der Waals surface area contributed by atoms with E-state index in [0.717, 1.165) is 6.07 Å². The van der Waals surface area contributed by atoms with Crippen LogP contribution < -0.4 is 0 Å². The maximum absolute atomic E-state index is 10.8. The maximum Gasteiger partial charge on any atom is 0.308 e. The number of aliphatic carboxylic acids is 1. The zero-order valence-electron chi connectivity index (χ0n) is 9.55. The van der Waals surface area contributed by atoms with Crippen molar-refractivity contribution in [3.05, 3.63) is 39.4 Å². The highest BCUT2D eigenvalue weighted by atomic mass is 16.6. The summed E-state index contributed by atoms with van der Waals surface area (Å²) in [6.45, 7) is 0. The summed E-state index contributed by atoms with van der Waals surface area (Å²) in [5.41, 5.74) is -0.543. The molecule has 3 N–H and O–H groups in total. The Bertz CT molecular complexity index is 551. The molecule has 1 aromatic carbocycles. The van der Waals surface area contributed by atoms with Gasteiger partial charge in [-0.05, 0) is 5.56 Å². The predicted octanol–water partition coefficient (Wildman–Crippen LogP) is 0.140. The SMILES string of the molecule is N#CC(O)C(O)c1ccc(CC(=O)O)c([N+](=O)[O-])c1. The van der Waals surface area contributed by atoms with Gasteiger partial charge in [-0.15, -0.1) is 0 Å². The molecule has 0 fully saturated rings. The van der Waals surface area contributed by atoms with Gasteiger partial charge in [-0.2, -0.15) is 5.26 Å². The van der Waals surface area contributed by atoms with Gasteiger partial charge in [0.15, 0.2) is 6.10 Å². The Hall–Kier alpha value is -2.50. The summed E-state index contributed by atoms with van der Waals surface area (Å²) >= 11 is 0. The van der Waals surface area contributed by atoms with Crippen molar-refractivity contribution in [3.8, 4) is 6.07 Å². The van der Waals surface area contributed by atoms with Crippen LogP contribution >= 0.6 is 0 Å². The van der Waals surface area contributed by atoms with E-state index in [0.29, 0.717) is 0 Å². The van der Waals surface area contributed by atoms with E-state index in [2.05, 4.69) is 0 Å². The summed E-state index contributed by atoms with van der Waals surface area (Å²) in [7, 11) is 0. The van der Waals surface area contributed by atoms with Crippen LogP contribution in [0.5, 0.6) is 0 Å². The topological polar surface area (TPSA) is 145 Å². The lowest BCUT2D eigenvalue weighted by atomic mass is 10.0.